The highest BCUT2D eigenvalue weighted by atomic mass is 35.5. The van der Waals surface area contributed by atoms with Crippen LogP contribution in [0.5, 0.6) is 0 Å². The van der Waals surface area contributed by atoms with Gasteiger partial charge in [0.25, 0.3) is 5.91 Å². The first kappa shape index (κ1) is 21.8. The highest BCUT2D eigenvalue weighted by Gasteiger charge is 2.28. The van der Waals surface area contributed by atoms with Crippen molar-refractivity contribution in [2.45, 2.75) is 33.2 Å². The number of primary amides is 1. The summed E-state index contributed by atoms with van der Waals surface area (Å²) in [5, 5.41) is 3.70. The van der Waals surface area contributed by atoms with Gasteiger partial charge in [0.05, 0.1) is 17.4 Å². The fraction of sp³-hybridized carbons (Fsp3) is 0.364. The van der Waals surface area contributed by atoms with Crippen LogP contribution in [0.1, 0.15) is 43.1 Å². The van der Waals surface area contributed by atoms with Crippen molar-refractivity contribution in [3.05, 3.63) is 58.9 Å². The molecule has 2 heterocycles. The largest absolute Gasteiger partial charge is 0.366 e. The molecule has 1 aliphatic rings. The first-order chi connectivity index (χ1) is 14.1. The first-order valence-electron chi connectivity index (χ1n) is 9.79. The molecule has 1 fully saturated rings. The molecule has 1 aromatic heterocycles. The fourth-order valence-corrected chi connectivity index (χ4v) is 3.46. The summed E-state index contributed by atoms with van der Waals surface area (Å²) < 4.78 is 0. The number of carbonyl (C=O) groups is 2. The number of likely N-dealkylation sites (tertiary alicyclic amines) is 1. The van der Waals surface area contributed by atoms with E-state index in [1.807, 2.05) is 26.8 Å². The van der Waals surface area contributed by atoms with Gasteiger partial charge in [-0.1, -0.05) is 50.6 Å². The van der Waals surface area contributed by atoms with Gasteiger partial charge >= 0.3 is 0 Å². The third-order valence-electron chi connectivity index (χ3n) is 4.69. The zero-order valence-electron chi connectivity index (χ0n) is 17.4. The molecule has 158 valence electrons. The summed E-state index contributed by atoms with van der Waals surface area (Å²) in [6.45, 7) is 7.14. The van der Waals surface area contributed by atoms with Crippen molar-refractivity contribution in [2.75, 3.05) is 18.4 Å². The smallest absolute Gasteiger partial charge is 0.253 e. The first-order valence-corrected chi connectivity index (χ1v) is 10.2. The Balaban J connectivity index is 1.73. The molecule has 3 N–H and O–H groups in total. The normalized spacial score (nSPS) is 17.1. The number of anilines is 1. The maximum Gasteiger partial charge on any atom is 0.253 e. The molecule has 30 heavy (non-hydrogen) atoms. The van der Waals surface area contributed by atoms with Crippen LogP contribution in [0.3, 0.4) is 0 Å². The summed E-state index contributed by atoms with van der Waals surface area (Å²) in [5.74, 6) is -0.111. The minimum absolute atomic E-state index is 0.0558. The van der Waals surface area contributed by atoms with Gasteiger partial charge < -0.3 is 16.0 Å². The molecule has 1 saturated heterocycles. The van der Waals surface area contributed by atoms with Crippen LogP contribution < -0.4 is 11.1 Å². The van der Waals surface area contributed by atoms with Crippen molar-refractivity contribution in [3.63, 3.8) is 0 Å². The van der Waals surface area contributed by atoms with Gasteiger partial charge in [0.2, 0.25) is 11.9 Å². The molecule has 0 saturated carbocycles. The van der Waals surface area contributed by atoms with Crippen molar-refractivity contribution in [3.8, 4) is 0 Å². The molecule has 1 aliphatic heterocycles. The number of amides is 2. The highest BCUT2D eigenvalue weighted by Crippen LogP contribution is 2.25. The van der Waals surface area contributed by atoms with E-state index in [1.54, 1.807) is 29.2 Å². The Kier molecular flexibility index (Phi) is 6.41. The summed E-state index contributed by atoms with van der Waals surface area (Å²) in [7, 11) is 0. The van der Waals surface area contributed by atoms with Crippen LogP contribution in [0.25, 0.3) is 5.57 Å². The Hall–Kier alpha value is -2.93. The van der Waals surface area contributed by atoms with Crippen LogP contribution in [-0.4, -0.2) is 45.8 Å². The monoisotopic (exact) mass is 427 g/mol. The third-order valence-corrected chi connectivity index (χ3v) is 4.89. The van der Waals surface area contributed by atoms with Crippen LogP contribution in [0, 0.1) is 5.41 Å². The van der Waals surface area contributed by atoms with Crippen LogP contribution in [-0.2, 0) is 4.79 Å². The number of halogens is 1. The molecule has 2 amide bonds. The molecular formula is C22H26ClN5O2. The minimum Gasteiger partial charge on any atom is -0.366 e. The molecule has 1 aromatic carbocycles. The summed E-state index contributed by atoms with van der Waals surface area (Å²) in [6.07, 6.45) is 5.68. The van der Waals surface area contributed by atoms with E-state index in [-0.39, 0.29) is 17.4 Å². The molecule has 7 nitrogen and oxygen atoms in total. The van der Waals surface area contributed by atoms with E-state index in [2.05, 4.69) is 15.3 Å². The van der Waals surface area contributed by atoms with Gasteiger partial charge in [-0.25, -0.2) is 9.97 Å². The van der Waals surface area contributed by atoms with Crippen molar-refractivity contribution < 1.29 is 9.59 Å². The SMILES string of the molecule is CC(C)(C)C=C(C(N)=O)c1cccc(C(=O)N2CC[C@@H](Nc3ncc(Cl)cn3)C2)c1. The molecule has 0 aliphatic carbocycles. The number of benzene rings is 1. The van der Waals surface area contributed by atoms with Crippen molar-refractivity contribution in [1.82, 2.24) is 14.9 Å². The van der Waals surface area contributed by atoms with E-state index in [1.165, 1.54) is 12.4 Å². The second-order valence-electron chi connectivity index (χ2n) is 8.48. The Morgan fingerprint density at radius 2 is 1.90 bits per heavy atom. The number of nitrogens with one attached hydrogen (secondary N) is 1. The molecule has 0 unspecified atom stereocenters. The van der Waals surface area contributed by atoms with Crippen LogP contribution in [0.4, 0.5) is 5.95 Å². The Morgan fingerprint density at radius 1 is 1.23 bits per heavy atom. The Bertz CT molecular complexity index is 966. The average Bonchev–Trinajstić information content (AvgIpc) is 3.15. The molecule has 0 bridgehead atoms. The number of aromatic nitrogens is 2. The number of hydrogen-bond donors (Lipinski definition) is 2. The molecule has 1 atom stereocenters. The summed E-state index contributed by atoms with van der Waals surface area (Å²) in [4.78, 5) is 35.1. The molecule has 8 heteroatoms. The zero-order chi connectivity index (χ0) is 21.9. The van der Waals surface area contributed by atoms with E-state index in [4.69, 9.17) is 17.3 Å². The van der Waals surface area contributed by atoms with Gasteiger partial charge in [-0.15, -0.1) is 0 Å². The van der Waals surface area contributed by atoms with Crippen LogP contribution in [0.15, 0.2) is 42.7 Å². The number of nitrogens with zero attached hydrogens (tertiary/aromatic N) is 3. The predicted molar refractivity (Wildman–Crippen MR) is 118 cm³/mol. The Morgan fingerprint density at radius 3 is 2.53 bits per heavy atom. The lowest BCUT2D eigenvalue weighted by Crippen LogP contribution is -2.32. The number of hydrogen-bond acceptors (Lipinski definition) is 5. The summed E-state index contributed by atoms with van der Waals surface area (Å²) in [5.41, 5.74) is 6.96. The van der Waals surface area contributed by atoms with Crippen LogP contribution in [0.2, 0.25) is 5.02 Å². The van der Waals surface area contributed by atoms with Gasteiger partial charge in [-0.05, 0) is 29.5 Å². The minimum atomic E-state index is -0.511. The lowest BCUT2D eigenvalue weighted by atomic mass is 9.90. The molecular weight excluding hydrogens is 402 g/mol. The maximum absolute atomic E-state index is 13.0. The van der Waals surface area contributed by atoms with E-state index in [0.29, 0.717) is 40.8 Å². The fourth-order valence-electron chi connectivity index (χ4n) is 3.36. The predicted octanol–water partition coefficient (Wildman–Crippen LogP) is 3.37. The average molecular weight is 428 g/mol. The second kappa shape index (κ2) is 8.83. The van der Waals surface area contributed by atoms with Crippen molar-refractivity contribution in [1.29, 1.82) is 0 Å². The van der Waals surface area contributed by atoms with E-state index in [0.717, 1.165) is 6.42 Å². The standard InChI is InChI=1S/C22H26ClN5O2/c1-22(2,3)10-18(19(24)29)14-5-4-6-15(9-14)20(30)28-8-7-17(13-28)27-21-25-11-16(23)12-26-21/h4-6,9-12,17H,7-8,13H2,1-3H3,(H2,24,29)(H,25,26,27)/t17-/m1/s1. The van der Waals surface area contributed by atoms with Crippen LogP contribution >= 0.6 is 11.6 Å². The number of allylic oxidation sites excluding steroid dienone is 1. The molecule has 2 aromatic rings. The van der Waals surface area contributed by atoms with E-state index in [9.17, 15) is 9.59 Å². The lowest BCUT2D eigenvalue weighted by Gasteiger charge is -2.18. The Labute approximate surface area is 181 Å². The lowest BCUT2D eigenvalue weighted by molar-refractivity contribution is -0.112. The number of nitrogens with two attached hydrogens (primary N) is 1. The topological polar surface area (TPSA) is 101 Å². The van der Waals surface area contributed by atoms with Gasteiger partial charge in [-0.3, -0.25) is 9.59 Å². The number of carbonyl (C=O) groups excluding carboxylic acids is 2. The van der Waals surface area contributed by atoms with Crippen molar-refractivity contribution in [2.24, 2.45) is 11.1 Å². The van der Waals surface area contributed by atoms with Gasteiger partial charge in [-0.2, -0.15) is 0 Å². The molecule has 0 radical (unpaired) electrons. The van der Waals surface area contributed by atoms with Gasteiger partial charge in [0.1, 0.15) is 0 Å². The summed E-state index contributed by atoms with van der Waals surface area (Å²) >= 11 is 5.81. The molecule has 3 rings (SSSR count). The third kappa shape index (κ3) is 5.57. The number of rotatable bonds is 5. The van der Waals surface area contributed by atoms with Gasteiger partial charge in [0.15, 0.2) is 0 Å². The molecule has 0 spiro atoms. The highest BCUT2D eigenvalue weighted by molar-refractivity contribution is 6.30. The van der Waals surface area contributed by atoms with E-state index < -0.39 is 5.91 Å². The van der Waals surface area contributed by atoms with Gasteiger partial charge in [0, 0.05) is 30.3 Å². The second-order valence-corrected chi connectivity index (χ2v) is 8.91. The summed E-state index contributed by atoms with van der Waals surface area (Å²) in [6, 6.07) is 7.11. The maximum atomic E-state index is 13.0. The van der Waals surface area contributed by atoms with Crippen molar-refractivity contribution >= 4 is 34.9 Å². The quantitative estimate of drug-likeness (QED) is 0.712. The zero-order valence-corrected chi connectivity index (χ0v) is 18.1. The van der Waals surface area contributed by atoms with E-state index >= 15 is 0 Å².